The summed E-state index contributed by atoms with van der Waals surface area (Å²) in [6.45, 7) is 6.03. The molecule has 4 nitrogen and oxygen atoms in total. The average molecular weight is 324 g/mol. The maximum atomic E-state index is 12.6. The van der Waals surface area contributed by atoms with Crippen LogP contribution in [0.3, 0.4) is 0 Å². The molecule has 0 saturated carbocycles. The lowest BCUT2D eigenvalue weighted by Gasteiger charge is -2.26. The third-order valence-corrected chi connectivity index (χ3v) is 4.23. The first kappa shape index (κ1) is 17.7. The molecule has 0 heterocycles. The van der Waals surface area contributed by atoms with E-state index >= 15 is 0 Å². The van der Waals surface area contributed by atoms with Crippen molar-refractivity contribution in [1.29, 1.82) is 0 Å². The maximum absolute atomic E-state index is 12.6. The number of nitrogens with zero attached hydrogens (tertiary/aromatic N) is 2. The zero-order valence-corrected chi connectivity index (χ0v) is 14.7. The van der Waals surface area contributed by atoms with Gasteiger partial charge in [0.25, 0.3) is 0 Å². The Bertz CT molecular complexity index is 726. The summed E-state index contributed by atoms with van der Waals surface area (Å²) in [5.41, 5.74) is 3.98. The summed E-state index contributed by atoms with van der Waals surface area (Å²) >= 11 is 0. The lowest BCUT2D eigenvalue weighted by atomic mass is 10.1. The molecule has 0 bridgehead atoms. The van der Waals surface area contributed by atoms with Gasteiger partial charge in [0.2, 0.25) is 11.8 Å². The van der Waals surface area contributed by atoms with Gasteiger partial charge in [0.05, 0.1) is 0 Å². The molecule has 0 aliphatic rings. The van der Waals surface area contributed by atoms with E-state index in [4.69, 9.17) is 0 Å². The Morgan fingerprint density at radius 3 is 2.25 bits per heavy atom. The minimum Gasteiger partial charge on any atom is -0.340 e. The molecule has 0 fully saturated rings. The molecular formula is C20H24N2O2. The SMILES string of the molecule is CC(=O)N(CC(=O)N(C)Cc1ccccc1)c1cccc(C)c1C. The van der Waals surface area contributed by atoms with Crippen molar-refractivity contribution in [3.8, 4) is 0 Å². The Morgan fingerprint density at radius 1 is 0.958 bits per heavy atom. The fourth-order valence-electron chi connectivity index (χ4n) is 2.60. The van der Waals surface area contributed by atoms with Crippen molar-refractivity contribution in [2.75, 3.05) is 18.5 Å². The number of rotatable bonds is 5. The number of aryl methyl sites for hydroxylation is 1. The first-order chi connectivity index (χ1) is 11.4. The summed E-state index contributed by atoms with van der Waals surface area (Å²) in [6.07, 6.45) is 0. The minimum atomic E-state index is -0.134. The molecule has 0 atom stereocenters. The third-order valence-electron chi connectivity index (χ3n) is 4.23. The largest absolute Gasteiger partial charge is 0.340 e. The second-order valence-corrected chi connectivity index (χ2v) is 6.06. The first-order valence-electron chi connectivity index (χ1n) is 8.02. The molecule has 0 N–H and O–H groups in total. The molecule has 4 heteroatoms. The van der Waals surface area contributed by atoms with E-state index in [9.17, 15) is 9.59 Å². The lowest BCUT2D eigenvalue weighted by molar-refractivity contribution is -0.130. The molecule has 2 aromatic rings. The van der Waals surface area contributed by atoms with Gasteiger partial charge in [0, 0.05) is 26.2 Å². The molecule has 2 aromatic carbocycles. The molecule has 2 rings (SSSR count). The van der Waals surface area contributed by atoms with Gasteiger partial charge < -0.3 is 9.80 Å². The quantitative estimate of drug-likeness (QED) is 0.846. The highest BCUT2D eigenvalue weighted by molar-refractivity contribution is 5.98. The van der Waals surface area contributed by atoms with Crippen molar-refractivity contribution >= 4 is 17.5 Å². The molecule has 24 heavy (non-hydrogen) atoms. The second kappa shape index (κ2) is 7.77. The minimum absolute atomic E-state index is 0.0446. The predicted molar refractivity (Wildman–Crippen MR) is 96.9 cm³/mol. The lowest BCUT2D eigenvalue weighted by Crippen LogP contribution is -2.40. The van der Waals surface area contributed by atoms with Crippen molar-refractivity contribution in [2.45, 2.75) is 27.3 Å². The van der Waals surface area contributed by atoms with Crippen LogP contribution in [0.5, 0.6) is 0 Å². The number of anilines is 1. The summed E-state index contributed by atoms with van der Waals surface area (Å²) < 4.78 is 0. The standard InChI is InChI=1S/C20H24N2O2/c1-15-9-8-12-19(16(15)2)22(17(3)23)14-20(24)21(4)13-18-10-6-5-7-11-18/h5-12H,13-14H2,1-4H3. The highest BCUT2D eigenvalue weighted by Crippen LogP contribution is 2.23. The zero-order chi connectivity index (χ0) is 17.7. The predicted octanol–water partition coefficient (Wildman–Crippen LogP) is 3.31. The van der Waals surface area contributed by atoms with E-state index in [0.717, 1.165) is 22.4 Å². The number of amides is 2. The van der Waals surface area contributed by atoms with E-state index < -0.39 is 0 Å². The van der Waals surface area contributed by atoms with Crippen LogP contribution in [0.2, 0.25) is 0 Å². The molecule has 0 aliphatic carbocycles. The van der Waals surface area contributed by atoms with Crippen molar-refractivity contribution in [3.63, 3.8) is 0 Å². The van der Waals surface area contributed by atoms with Crippen LogP contribution in [-0.2, 0) is 16.1 Å². The van der Waals surface area contributed by atoms with Gasteiger partial charge in [-0.3, -0.25) is 9.59 Å². The van der Waals surface area contributed by atoms with Crippen LogP contribution in [0.15, 0.2) is 48.5 Å². The van der Waals surface area contributed by atoms with E-state index in [1.54, 1.807) is 16.8 Å². The van der Waals surface area contributed by atoms with Gasteiger partial charge in [-0.25, -0.2) is 0 Å². The number of carbonyl (C=O) groups is 2. The molecule has 0 spiro atoms. The summed E-state index contributed by atoms with van der Waals surface area (Å²) in [4.78, 5) is 27.8. The van der Waals surface area contributed by atoms with Crippen molar-refractivity contribution in [3.05, 3.63) is 65.2 Å². The summed E-state index contributed by atoms with van der Waals surface area (Å²) in [5, 5.41) is 0. The first-order valence-corrected chi connectivity index (χ1v) is 8.02. The molecule has 126 valence electrons. The van der Waals surface area contributed by atoms with E-state index in [-0.39, 0.29) is 18.4 Å². The molecule has 2 amide bonds. The van der Waals surface area contributed by atoms with E-state index in [0.29, 0.717) is 6.54 Å². The summed E-state index contributed by atoms with van der Waals surface area (Å²) in [5.74, 6) is -0.222. The van der Waals surface area contributed by atoms with Gasteiger partial charge in [0.15, 0.2) is 0 Å². The average Bonchev–Trinajstić information content (AvgIpc) is 2.56. The summed E-state index contributed by atoms with van der Waals surface area (Å²) in [7, 11) is 1.76. The maximum Gasteiger partial charge on any atom is 0.242 e. The van der Waals surface area contributed by atoms with Crippen LogP contribution in [-0.4, -0.2) is 30.3 Å². The van der Waals surface area contributed by atoms with Crippen molar-refractivity contribution in [1.82, 2.24) is 4.90 Å². The molecular weight excluding hydrogens is 300 g/mol. The van der Waals surface area contributed by atoms with Gasteiger partial charge in [0.1, 0.15) is 6.54 Å². The molecule has 0 aliphatic heterocycles. The van der Waals surface area contributed by atoms with Crippen LogP contribution < -0.4 is 4.90 Å². The highest BCUT2D eigenvalue weighted by Gasteiger charge is 2.20. The number of benzene rings is 2. The van der Waals surface area contributed by atoms with Crippen LogP contribution in [0.1, 0.15) is 23.6 Å². The number of carbonyl (C=O) groups excluding carboxylic acids is 2. The van der Waals surface area contributed by atoms with Gasteiger partial charge in [-0.1, -0.05) is 42.5 Å². The third kappa shape index (κ3) is 4.22. The number of hydrogen-bond donors (Lipinski definition) is 0. The fraction of sp³-hybridized carbons (Fsp3) is 0.300. The van der Waals surface area contributed by atoms with Crippen LogP contribution in [0.4, 0.5) is 5.69 Å². The fourth-order valence-corrected chi connectivity index (χ4v) is 2.60. The van der Waals surface area contributed by atoms with Crippen molar-refractivity contribution in [2.24, 2.45) is 0 Å². The molecule has 0 radical (unpaired) electrons. The van der Waals surface area contributed by atoms with E-state index in [1.165, 1.54) is 6.92 Å². The molecule has 0 saturated heterocycles. The van der Waals surface area contributed by atoms with E-state index in [2.05, 4.69) is 0 Å². The highest BCUT2D eigenvalue weighted by atomic mass is 16.2. The van der Waals surface area contributed by atoms with Crippen LogP contribution in [0, 0.1) is 13.8 Å². The Balaban J connectivity index is 2.14. The van der Waals surface area contributed by atoms with E-state index in [1.807, 2.05) is 62.4 Å². The number of hydrogen-bond acceptors (Lipinski definition) is 2. The summed E-state index contributed by atoms with van der Waals surface area (Å²) in [6, 6.07) is 15.6. The molecule has 0 unspecified atom stereocenters. The van der Waals surface area contributed by atoms with Gasteiger partial charge in [-0.15, -0.1) is 0 Å². The topological polar surface area (TPSA) is 40.6 Å². The smallest absolute Gasteiger partial charge is 0.242 e. The monoisotopic (exact) mass is 324 g/mol. The normalized spacial score (nSPS) is 10.3. The van der Waals surface area contributed by atoms with Crippen LogP contribution >= 0.6 is 0 Å². The zero-order valence-electron chi connectivity index (χ0n) is 14.7. The molecule has 0 aromatic heterocycles. The second-order valence-electron chi connectivity index (χ2n) is 6.06. The Hall–Kier alpha value is -2.62. The van der Waals surface area contributed by atoms with Crippen molar-refractivity contribution < 1.29 is 9.59 Å². The van der Waals surface area contributed by atoms with Crippen LogP contribution in [0.25, 0.3) is 0 Å². The Morgan fingerprint density at radius 2 is 1.62 bits per heavy atom. The van der Waals surface area contributed by atoms with Gasteiger partial charge >= 0.3 is 0 Å². The van der Waals surface area contributed by atoms with Gasteiger partial charge in [-0.05, 0) is 36.6 Å². The Labute approximate surface area is 143 Å². The Kier molecular flexibility index (Phi) is 5.74. The van der Waals surface area contributed by atoms with Gasteiger partial charge in [-0.2, -0.15) is 0 Å². The number of likely N-dealkylation sites (N-methyl/N-ethyl adjacent to an activating group) is 1.